The highest BCUT2D eigenvalue weighted by Crippen LogP contribution is 2.19. The fraction of sp³-hybridized carbons (Fsp3) is 0. The molecule has 0 atom stereocenters. The average molecular weight is 225 g/mol. The molecule has 5 nitrogen and oxygen atoms in total. The van der Waals surface area contributed by atoms with Crippen molar-refractivity contribution in [2.45, 2.75) is 0 Å². The summed E-state index contributed by atoms with van der Waals surface area (Å²) >= 11 is 0. The van der Waals surface area contributed by atoms with E-state index < -0.39 is 0 Å². The second-order valence-corrected chi connectivity index (χ2v) is 3.63. The molecule has 0 radical (unpaired) electrons. The number of nitrogens with one attached hydrogen (secondary N) is 1. The minimum atomic E-state index is 0.615. The Morgan fingerprint density at radius 3 is 2.65 bits per heavy atom. The second-order valence-electron chi connectivity index (χ2n) is 3.63. The zero-order chi connectivity index (χ0) is 11.7. The summed E-state index contributed by atoms with van der Waals surface area (Å²) in [4.78, 5) is 4.39. The molecule has 0 spiro atoms. The molecule has 0 unspecified atom stereocenters. The van der Waals surface area contributed by atoms with E-state index in [9.17, 15) is 0 Å². The molecule has 3 rings (SSSR count). The number of nitrogens with two attached hydrogens (primary N) is 1. The third-order valence-electron chi connectivity index (χ3n) is 2.56. The molecule has 84 valence electrons. The zero-order valence-corrected chi connectivity index (χ0v) is 9.04. The SMILES string of the molecule is NNc1nc(-c2ccccc2)nn2cccc12. The van der Waals surface area contributed by atoms with Crippen LogP contribution in [0.25, 0.3) is 16.9 Å². The van der Waals surface area contributed by atoms with Gasteiger partial charge in [-0.1, -0.05) is 30.3 Å². The van der Waals surface area contributed by atoms with Crippen LogP contribution in [-0.4, -0.2) is 14.6 Å². The van der Waals surface area contributed by atoms with Gasteiger partial charge in [0.25, 0.3) is 0 Å². The Morgan fingerprint density at radius 2 is 1.88 bits per heavy atom. The van der Waals surface area contributed by atoms with Crippen molar-refractivity contribution < 1.29 is 0 Å². The van der Waals surface area contributed by atoms with Gasteiger partial charge >= 0.3 is 0 Å². The van der Waals surface area contributed by atoms with E-state index in [2.05, 4.69) is 15.5 Å². The Hall–Kier alpha value is -2.40. The van der Waals surface area contributed by atoms with E-state index in [1.807, 2.05) is 48.7 Å². The second kappa shape index (κ2) is 3.88. The number of nitrogen functional groups attached to an aromatic ring is 1. The Bertz CT molecular complexity index is 644. The lowest BCUT2D eigenvalue weighted by Gasteiger charge is -2.06. The van der Waals surface area contributed by atoms with E-state index in [1.165, 1.54) is 0 Å². The fourth-order valence-electron chi connectivity index (χ4n) is 1.75. The number of hydrogen-bond donors (Lipinski definition) is 2. The molecule has 0 aliphatic heterocycles. The van der Waals surface area contributed by atoms with Gasteiger partial charge in [-0.15, -0.1) is 5.10 Å². The summed E-state index contributed by atoms with van der Waals surface area (Å²) in [5.74, 6) is 6.72. The molecule has 0 saturated carbocycles. The summed E-state index contributed by atoms with van der Waals surface area (Å²) in [6.07, 6.45) is 1.87. The first kappa shape index (κ1) is 9.80. The summed E-state index contributed by atoms with van der Waals surface area (Å²) in [6, 6.07) is 13.6. The van der Waals surface area contributed by atoms with Gasteiger partial charge in [-0.3, -0.25) is 0 Å². The van der Waals surface area contributed by atoms with Gasteiger partial charge in [-0.2, -0.15) is 0 Å². The summed E-state index contributed by atoms with van der Waals surface area (Å²) in [6.45, 7) is 0. The van der Waals surface area contributed by atoms with E-state index >= 15 is 0 Å². The van der Waals surface area contributed by atoms with Gasteiger partial charge in [0.15, 0.2) is 11.6 Å². The van der Waals surface area contributed by atoms with E-state index in [1.54, 1.807) is 4.52 Å². The van der Waals surface area contributed by atoms with E-state index in [0.29, 0.717) is 11.6 Å². The highest BCUT2D eigenvalue weighted by Gasteiger charge is 2.07. The minimum Gasteiger partial charge on any atom is -0.307 e. The lowest BCUT2D eigenvalue weighted by molar-refractivity contribution is 0.912. The third-order valence-corrected chi connectivity index (χ3v) is 2.56. The lowest BCUT2D eigenvalue weighted by Crippen LogP contribution is -2.11. The van der Waals surface area contributed by atoms with Crippen LogP contribution in [0.15, 0.2) is 48.7 Å². The summed E-state index contributed by atoms with van der Waals surface area (Å²) < 4.78 is 1.75. The predicted octanol–water partition coefficient (Wildman–Crippen LogP) is 1.68. The van der Waals surface area contributed by atoms with Crippen molar-refractivity contribution in [2.75, 3.05) is 5.43 Å². The van der Waals surface area contributed by atoms with Crippen LogP contribution in [0, 0.1) is 0 Å². The van der Waals surface area contributed by atoms with Crippen molar-refractivity contribution in [3.8, 4) is 11.4 Å². The molecule has 0 saturated heterocycles. The van der Waals surface area contributed by atoms with Crippen molar-refractivity contribution in [3.63, 3.8) is 0 Å². The van der Waals surface area contributed by atoms with Crippen molar-refractivity contribution in [3.05, 3.63) is 48.7 Å². The van der Waals surface area contributed by atoms with Crippen molar-refractivity contribution >= 4 is 11.3 Å². The molecule has 0 amide bonds. The first-order chi connectivity index (χ1) is 8.38. The lowest BCUT2D eigenvalue weighted by atomic mass is 10.2. The third kappa shape index (κ3) is 1.62. The van der Waals surface area contributed by atoms with Gasteiger partial charge in [0, 0.05) is 11.8 Å². The number of hydrazine groups is 1. The molecule has 5 heteroatoms. The van der Waals surface area contributed by atoms with Crippen LogP contribution in [0.5, 0.6) is 0 Å². The minimum absolute atomic E-state index is 0.615. The number of hydrogen-bond acceptors (Lipinski definition) is 4. The summed E-state index contributed by atoms with van der Waals surface area (Å²) in [5, 5.41) is 4.42. The van der Waals surface area contributed by atoms with Gasteiger partial charge in [0.05, 0.1) is 0 Å². The molecule has 0 aliphatic rings. The topological polar surface area (TPSA) is 68.2 Å². The maximum Gasteiger partial charge on any atom is 0.182 e. The van der Waals surface area contributed by atoms with Gasteiger partial charge in [-0.05, 0) is 12.1 Å². The van der Waals surface area contributed by atoms with E-state index in [-0.39, 0.29) is 0 Å². The van der Waals surface area contributed by atoms with Gasteiger partial charge in [-0.25, -0.2) is 15.3 Å². The molecule has 3 N–H and O–H groups in total. The first-order valence-corrected chi connectivity index (χ1v) is 5.26. The number of nitrogens with zero attached hydrogens (tertiary/aromatic N) is 3. The molecule has 0 bridgehead atoms. The molecule has 1 aromatic carbocycles. The number of rotatable bonds is 2. The Kier molecular flexibility index (Phi) is 2.23. The Labute approximate surface area is 97.9 Å². The highest BCUT2D eigenvalue weighted by molar-refractivity contribution is 5.69. The number of aromatic nitrogens is 3. The van der Waals surface area contributed by atoms with Gasteiger partial charge < -0.3 is 5.43 Å². The maximum atomic E-state index is 5.47. The molecule has 17 heavy (non-hydrogen) atoms. The standard InChI is InChI=1S/C12H11N5/c13-15-12-10-7-4-8-17(10)16-11(14-12)9-5-2-1-3-6-9/h1-8H,13H2,(H,14,15,16). The van der Waals surface area contributed by atoms with Crippen LogP contribution in [0.3, 0.4) is 0 Å². The van der Waals surface area contributed by atoms with E-state index in [4.69, 9.17) is 5.84 Å². The van der Waals surface area contributed by atoms with Crippen molar-refractivity contribution in [1.29, 1.82) is 0 Å². The molecular weight excluding hydrogens is 214 g/mol. The quantitative estimate of drug-likeness (QED) is 0.514. The van der Waals surface area contributed by atoms with Crippen molar-refractivity contribution in [2.24, 2.45) is 5.84 Å². The van der Waals surface area contributed by atoms with Crippen LogP contribution in [0.2, 0.25) is 0 Å². The average Bonchev–Trinajstić information content (AvgIpc) is 2.86. The van der Waals surface area contributed by atoms with Gasteiger partial charge in [0.2, 0.25) is 0 Å². The fourth-order valence-corrected chi connectivity index (χ4v) is 1.75. The Morgan fingerprint density at radius 1 is 1.06 bits per heavy atom. The van der Waals surface area contributed by atoms with Crippen LogP contribution < -0.4 is 11.3 Å². The van der Waals surface area contributed by atoms with Crippen molar-refractivity contribution in [1.82, 2.24) is 14.6 Å². The zero-order valence-electron chi connectivity index (χ0n) is 9.04. The normalized spacial score (nSPS) is 10.6. The smallest absolute Gasteiger partial charge is 0.182 e. The molecular formula is C12H11N5. The van der Waals surface area contributed by atoms with Crippen LogP contribution in [-0.2, 0) is 0 Å². The molecule has 2 heterocycles. The van der Waals surface area contributed by atoms with E-state index in [0.717, 1.165) is 11.1 Å². The summed E-state index contributed by atoms with van der Waals surface area (Å²) in [5.41, 5.74) is 4.41. The molecule has 2 aromatic heterocycles. The predicted molar refractivity (Wildman–Crippen MR) is 66.2 cm³/mol. The van der Waals surface area contributed by atoms with Gasteiger partial charge in [0.1, 0.15) is 5.52 Å². The maximum absolute atomic E-state index is 5.47. The summed E-state index contributed by atoms with van der Waals surface area (Å²) in [7, 11) is 0. The number of fused-ring (bicyclic) bond motifs is 1. The largest absolute Gasteiger partial charge is 0.307 e. The number of anilines is 1. The van der Waals surface area contributed by atoms with Crippen LogP contribution >= 0.6 is 0 Å². The molecule has 0 aliphatic carbocycles. The Balaban J connectivity index is 2.24. The van der Waals surface area contributed by atoms with Crippen LogP contribution in [0.1, 0.15) is 0 Å². The first-order valence-electron chi connectivity index (χ1n) is 5.26. The highest BCUT2D eigenvalue weighted by atomic mass is 15.3. The monoisotopic (exact) mass is 225 g/mol. The number of benzene rings is 1. The molecule has 3 aromatic rings. The van der Waals surface area contributed by atoms with Crippen LogP contribution in [0.4, 0.5) is 5.82 Å². The molecule has 0 fully saturated rings.